The van der Waals surface area contributed by atoms with Crippen molar-refractivity contribution in [1.29, 1.82) is 0 Å². The third-order valence-electron chi connectivity index (χ3n) is 5.89. The maximum atomic E-state index is 11.9. The molecule has 1 fully saturated rings. The number of aromatic nitrogens is 1. The highest BCUT2D eigenvalue weighted by Crippen LogP contribution is 2.41. The monoisotopic (exact) mass is 390 g/mol. The van der Waals surface area contributed by atoms with Gasteiger partial charge in [0.15, 0.2) is 6.29 Å². The third-order valence-corrected chi connectivity index (χ3v) is 5.89. The van der Waals surface area contributed by atoms with E-state index in [2.05, 4.69) is 43.1 Å². The molecule has 0 radical (unpaired) electrons. The van der Waals surface area contributed by atoms with E-state index in [4.69, 9.17) is 14.5 Å². The molecule has 0 saturated carbocycles. The molecule has 5 nitrogen and oxygen atoms in total. The van der Waals surface area contributed by atoms with Gasteiger partial charge < -0.3 is 9.47 Å². The Kier molecular flexibility index (Phi) is 5.19. The van der Waals surface area contributed by atoms with Crippen molar-refractivity contribution in [3.8, 4) is 0 Å². The highest BCUT2D eigenvalue weighted by Gasteiger charge is 2.41. The largest absolute Gasteiger partial charge is 0.346 e. The molecule has 0 spiro atoms. The van der Waals surface area contributed by atoms with Gasteiger partial charge in [0.2, 0.25) is 0 Å². The lowest BCUT2D eigenvalue weighted by Crippen LogP contribution is -2.47. The minimum Gasteiger partial charge on any atom is -0.346 e. The second-order valence-electron chi connectivity index (χ2n) is 8.19. The summed E-state index contributed by atoms with van der Waals surface area (Å²) >= 11 is 0. The van der Waals surface area contributed by atoms with Gasteiger partial charge in [-0.25, -0.2) is 0 Å². The Bertz CT molecular complexity index is 969. The summed E-state index contributed by atoms with van der Waals surface area (Å²) in [7, 11) is 0. The number of ether oxygens (including phenoxy) is 2. The van der Waals surface area contributed by atoms with Crippen molar-refractivity contribution in [2.75, 3.05) is 13.2 Å². The van der Waals surface area contributed by atoms with E-state index in [-0.39, 0.29) is 11.7 Å². The Balaban J connectivity index is 1.69. The standard InChI is InChI=1S/C24H26N2O3/c1-15-5-7-19(8-6-15)22-20(18-9-11-25-12-10-18)16(2)21(26-22)23-28-13-24(4,14-29-23)17(3)27/h5-12,16,23H,13-14H2,1-4H3. The number of aryl methyl sites for hydroxylation is 1. The Morgan fingerprint density at radius 3 is 2.24 bits per heavy atom. The zero-order valence-electron chi connectivity index (χ0n) is 17.3. The topological polar surface area (TPSA) is 60.8 Å². The van der Waals surface area contributed by atoms with Gasteiger partial charge in [0.05, 0.1) is 30.0 Å². The first-order valence-corrected chi connectivity index (χ1v) is 9.93. The highest BCUT2D eigenvalue weighted by atomic mass is 16.7. The number of nitrogens with zero attached hydrogens (tertiary/aromatic N) is 2. The molecule has 2 aromatic rings. The molecule has 4 rings (SSSR count). The molecule has 0 N–H and O–H groups in total. The Hall–Kier alpha value is -2.63. The average molecular weight is 390 g/mol. The summed E-state index contributed by atoms with van der Waals surface area (Å²) in [5.41, 5.74) is 5.68. The molecule has 0 aliphatic carbocycles. The van der Waals surface area contributed by atoms with Crippen LogP contribution in [0.5, 0.6) is 0 Å². The molecule has 1 atom stereocenters. The first-order valence-electron chi connectivity index (χ1n) is 9.93. The molecule has 2 aliphatic rings. The predicted octanol–water partition coefficient (Wildman–Crippen LogP) is 4.32. The van der Waals surface area contributed by atoms with Gasteiger partial charge >= 0.3 is 0 Å². The highest BCUT2D eigenvalue weighted by molar-refractivity contribution is 6.13. The zero-order chi connectivity index (χ0) is 20.6. The maximum Gasteiger partial charge on any atom is 0.197 e. The number of allylic oxidation sites excluding steroid dienone is 1. The summed E-state index contributed by atoms with van der Waals surface area (Å²) in [4.78, 5) is 21.0. The van der Waals surface area contributed by atoms with Crippen molar-refractivity contribution in [1.82, 2.24) is 4.98 Å². The van der Waals surface area contributed by atoms with Crippen molar-refractivity contribution >= 4 is 22.8 Å². The molecule has 1 saturated heterocycles. The van der Waals surface area contributed by atoms with Crippen LogP contribution in [0.25, 0.3) is 11.3 Å². The van der Waals surface area contributed by atoms with E-state index in [1.807, 2.05) is 19.1 Å². The molecule has 1 aromatic carbocycles. The molecule has 29 heavy (non-hydrogen) atoms. The van der Waals surface area contributed by atoms with Crippen LogP contribution in [0.15, 0.2) is 53.8 Å². The summed E-state index contributed by atoms with van der Waals surface area (Å²) in [5.74, 6) is 0.105. The number of benzene rings is 1. The van der Waals surface area contributed by atoms with E-state index in [9.17, 15) is 4.79 Å². The van der Waals surface area contributed by atoms with Gasteiger partial charge in [-0.3, -0.25) is 14.8 Å². The number of hydrogen-bond acceptors (Lipinski definition) is 5. The minimum atomic E-state index is -0.597. The van der Waals surface area contributed by atoms with Crippen LogP contribution in [-0.2, 0) is 14.3 Å². The molecular formula is C24H26N2O3. The van der Waals surface area contributed by atoms with Crippen molar-refractivity contribution in [2.45, 2.75) is 34.0 Å². The van der Waals surface area contributed by atoms with Gasteiger partial charge in [-0.05, 0) is 44.0 Å². The minimum absolute atomic E-state index is 0.0281. The molecule has 0 bridgehead atoms. The zero-order valence-corrected chi connectivity index (χ0v) is 17.3. The quantitative estimate of drug-likeness (QED) is 0.780. The first kappa shape index (κ1) is 19.7. The summed E-state index contributed by atoms with van der Waals surface area (Å²) < 4.78 is 12.0. The van der Waals surface area contributed by atoms with Gasteiger partial charge in [0.25, 0.3) is 0 Å². The average Bonchev–Trinajstić information content (AvgIpc) is 3.07. The number of Topliss-reactive ketones (excluding diaryl/α,β-unsaturated/α-hetero) is 1. The molecule has 1 unspecified atom stereocenters. The summed E-state index contributed by atoms with van der Waals surface area (Å²) in [6.45, 7) is 8.34. The third kappa shape index (κ3) is 3.68. The maximum absolute atomic E-state index is 11.9. The summed E-state index contributed by atoms with van der Waals surface area (Å²) in [6, 6.07) is 12.4. The second-order valence-corrected chi connectivity index (χ2v) is 8.19. The number of hydrogen-bond donors (Lipinski definition) is 0. The van der Waals surface area contributed by atoms with E-state index in [0.29, 0.717) is 13.2 Å². The van der Waals surface area contributed by atoms with Gasteiger partial charge in [-0.2, -0.15) is 0 Å². The smallest absolute Gasteiger partial charge is 0.197 e. The van der Waals surface area contributed by atoms with Gasteiger partial charge in [0, 0.05) is 23.9 Å². The molecule has 150 valence electrons. The lowest BCUT2D eigenvalue weighted by molar-refractivity contribution is -0.194. The molecule has 1 aromatic heterocycles. The van der Waals surface area contributed by atoms with E-state index >= 15 is 0 Å². The van der Waals surface area contributed by atoms with Crippen LogP contribution in [0.1, 0.15) is 37.5 Å². The van der Waals surface area contributed by atoms with Crippen molar-refractivity contribution < 1.29 is 14.3 Å². The predicted molar refractivity (Wildman–Crippen MR) is 113 cm³/mol. The lowest BCUT2D eigenvalue weighted by Gasteiger charge is -2.36. The van der Waals surface area contributed by atoms with Crippen LogP contribution < -0.4 is 0 Å². The SMILES string of the molecule is CC(=O)C1(C)COC(C2=NC(c3ccc(C)cc3)=C(c3ccncc3)C2C)OC1. The van der Waals surface area contributed by atoms with E-state index < -0.39 is 11.7 Å². The van der Waals surface area contributed by atoms with Crippen LogP contribution in [0.4, 0.5) is 0 Å². The van der Waals surface area contributed by atoms with Crippen LogP contribution in [0, 0.1) is 18.3 Å². The fraction of sp³-hybridized carbons (Fsp3) is 0.375. The van der Waals surface area contributed by atoms with Gasteiger partial charge in [0.1, 0.15) is 5.78 Å². The number of carbonyl (C=O) groups is 1. The Morgan fingerprint density at radius 2 is 1.66 bits per heavy atom. The van der Waals surface area contributed by atoms with Crippen LogP contribution in [0.2, 0.25) is 0 Å². The normalized spacial score (nSPS) is 27.1. The molecule has 2 aliphatic heterocycles. The van der Waals surface area contributed by atoms with Gasteiger partial charge in [-0.1, -0.05) is 36.8 Å². The van der Waals surface area contributed by atoms with E-state index in [0.717, 1.165) is 28.1 Å². The molecule has 0 amide bonds. The lowest BCUT2D eigenvalue weighted by atomic mass is 9.87. The Labute approximate surface area is 171 Å². The number of carbonyl (C=O) groups excluding carboxylic acids is 1. The summed E-state index contributed by atoms with van der Waals surface area (Å²) in [6.07, 6.45) is 3.05. The van der Waals surface area contributed by atoms with Crippen molar-refractivity contribution in [3.05, 3.63) is 65.5 Å². The van der Waals surface area contributed by atoms with E-state index in [1.165, 1.54) is 5.56 Å². The summed E-state index contributed by atoms with van der Waals surface area (Å²) in [5, 5.41) is 0. The first-order chi connectivity index (χ1) is 13.9. The van der Waals surface area contributed by atoms with E-state index in [1.54, 1.807) is 19.3 Å². The number of rotatable bonds is 4. The van der Waals surface area contributed by atoms with Gasteiger partial charge in [-0.15, -0.1) is 0 Å². The number of ketones is 1. The van der Waals surface area contributed by atoms with Crippen LogP contribution >= 0.6 is 0 Å². The van der Waals surface area contributed by atoms with Crippen molar-refractivity contribution in [3.63, 3.8) is 0 Å². The van der Waals surface area contributed by atoms with Crippen molar-refractivity contribution in [2.24, 2.45) is 16.3 Å². The Morgan fingerprint density at radius 1 is 1.03 bits per heavy atom. The molecule has 3 heterocycles. The second kappa shape index (κ2) is 7.65. The van der Waals surface area contributed by atoms with Crippen LogP contribution in [0.3, 0.4) is 0 Å². The van der Waals surface area contributed by atoms with Crippen LogP contribution in [-0.4, -0.2) is 36.0 Å². The molecule has 5 heteroatoms. The molecular weight excluding hydrogens is 364 g/mol. The fourth-order valence-corrected chi connectivity index (χ4v) is 3.73. The number of pyridine rings is 1. The fourth-order valence-electron chi connectivity index (χ4n) is 3.73. The number of aliphatic imine (C=N–C) groups is 1.